The van der Waals surface area contributed by atoms with Gasteiger partial charge in [-0.25, -0.2) is 8.42 Å². The zero-order chi connectivity index (χ0) is 16.5. The Morgan fingerprint density at radius 3 is 2.68 bits per heavy atom. The van der Waals surface area contributed by atoms with Gasteiger partial charge in [0.05, 0.1) is 16.1 Å². The van der Waals surface area contributed by atoms with E-state index in [0.717, 1.165) is 17.6 Å². The van der Waals surface area contributed by atoms with Gasteiger partial charge in [-0.05, 0) is 18.9 Å². The first-order valence-electron chi connectivity index (χ1n) is 6.26. The van der Waals surface area contributed by atoms with Crippen LogP contribution in [0.4, 0.5) is 5.00 Å². The molecule has 1 fully saturated rings. The van der Waals surface area contributed by atoms with Gasteiger partial charge in [-0.2, -0.15) is 0 Å². The Hall–Kier alpha value is -2.01. The van der Waals surface area contributed by atoms with Crippen LogP contribution in [-0.2, 0) is 14.8 Å². The first kappa shape index (κ1) is 16.4. The highest BCUT2D eigenvalue weighted by atomic mass is 32.2. The quantitative estimate of drug-likeness (QED) is 0.618. The Balaban J connectivity index is 2.17. The van der Waals surface area contributed by atoms with Crippen molar-refractivity contribution in [1.82, 2.24) is 9.62 Å². The van der Waals surface area contributed by atoms with Gasteiger partial charge in [0.1, 0.15) is 6.04 Å². The van der Waals surface area contributed by atoms with Crippen molar-refractivity contribution in [3.63, 3.8) is 0 Å². The molecule has 2 rings (SSSR count). The van der Waals surface area contributed by atoms with Crippen molar-refractivity contribution in [3.8, 4) is 0 Å². The van der Waals surface area contributed by atoms with Crippen LogP contribution in [0.1, 0.15) is 22.5 Å². The molecule has 0 aromatic carbocycles. The molecule has 1 aliphatic rings. The maximum atomic E-state index is 12.3. The molecule has 1 aromatic rings. The summed E-state index contributed by atoms with van der Waals surface area (Å²) in [5.41, 5.74) is 0. The van der Waals surface area contributed by atoms with E-state index in [2.05, 4.69) is 0 Å². The molecular weight excluding hydrogens is 334 g/mol. The molecule has 1 aliphatic heterocycles. The zero-order valence-electron chi connectivity index (χ0n) is 11.5. The summed E-state index contributed by atoms with van der Waals surface area (Å²) in [5.74, 6) is -1.27. The van der Waals surface area contributed by atoms with Crippen LogP contribution in [0.15, 0.2) is 12.1 Å². The van der Waals surface area contributed by atoms with Gasteiger partial charge in [-0.15, -0.1) is 0 Å². The van der Waals surface area contributed by atoms with Crippen molar-refractivity contribution in [2.24, 2.45) is 0 Å². The van der Waals surface area contributed by atoms with Gasteiger partial charge in [0.2, 0.25) is 10.0 Å². The van der Waals surface area contributed by atoms with Crippen molar-refractivity contribution < 1.29 is 22.9 Å². The molecule has 0 aliphatic carbocycles. The minimum absolute atomic E-state index is 0.144. The molecule has 1 N–H and O–H groups in total. The second-order valence-corrected chi connectivity index (χ2v) is 7.60. The lowest BCUT2D eigenvalue weighted by molar-refractivity contribution is -0.380. The smallest absolute Gasteiger partial charge is 0.324 e. The van der Waals surface area contributed by atoms with Crippen LogP contribution in [-0.4, -0.2) is 48.9 Å². The molecule has 0 saturated carbocycles. The first-order valence-corrected chi connectivity index (χ1v) is 8.96. The lowest BCUT2D eigenvalue weighted by Gasteiger charge is -2.22. The lowest BCUT2D eigenvalue weighted by atomic mass is 10.2. The molecule has 1 saturated heterocycles. The largest absolute Gasteiger partial charge is 0.326 e. The Bertz CT molecular complexity index is 726. The van der Waals surface area contributed by atoms with Crippen molar-refractivity contribution in [3.05, 3.63) is 27.1 Å². The van der Waals surface area contributed by atoms with E-state index in [1.54, 1.807) is 0 Å². The predicted octanol–water partition coefficient (Wildman–Crippen LogP) is 0.337. The van der Waals surface area contributed by atoms with Crippen molar-refractivity contribution >= 4 is 38.2 Å². The molecule has 120 valence electrons. The Morgan fingerprint density at radius 1 is 1.45 bits per heavy atom. The summed E-state index contributed by atoms with van der Waals surface area (Å²) >= 11 is 0.723. The number of hydrogen-bond donors (Lipinski definition) is 1. The van der Waals surface area contributed by atoms with E-state index in [1.807, 2.05) is 4.72 Å². The number of amides is 2. The van der Waals surface area contributed by atoms with E-state index in [4.69, 9.17) is 0 Å². The molecule has 1 aromatic heterocycles. The highest BCUT2D eigenvalue weighted by Gasteiger charge is 2.36. The van der Waals surface area contributed by atoms with Crippen LogP contribution in [0.3, 0.4) is 0 Å². The van der Waals surface area contributed by atoms with Crippen LogP contribution < -0.4 is 4.72 Å². The second-order valence-electron chi connectivity index (χ2n) is 4.79. The van der Waals surface area contributed by atoms with Crippen LogP contribution >= 0.6 is 11.3 Å². The monoisotopic (exact) mass is 347 g/mol. The summed E-state index contributed by atoms with van der Waals surface area (Å²) in [6.45, 7) is 0.298. The van der Waals surface area contributed by atoms with Gasteiger partial charge in [-0.3, -0.25) is 24.4 Å². The third kappa shape index (κ3) is 3.60. The Labute approximate surface area is 130 Å². The third-order valence-electron chi connectivity index (χ3n) is 3.08. The van der Waals surface area contributed by atoms with Gasteiger partial charge in [0, 0.05) is 12.6 Å². The number of likely N-dealkylation sites (tertiary alicyclic amines) is 1. The topological polar surface area (TPSA) is 127 Å². The van der Waals surface area contributed by atoms with Crippen molar-refractivity contribution in [2.75, 3.05) is 12.8 Å². The fourth-order valence-electron chi connectivity index (χ4n) is 2.22. The standard InChI is InChI=1S/C11H13N3O6S2/c1-22(19,20)12-10(15)7-3-2-6-13(7)11(16)8-4-5-9(21-8)14(17)18/h4-5,7H,2-3,6H2,1H3,(H,12,15)/t7-/m1/s1. The van der Waals surface area contributed by atoms with Gasteiger partial charge >= 0.3 is 5.00 Å². The van der Waals surface area contributed by atoms with E-state index >= 15 is 0 Å². The number of rotatable bonds is 4. The molecule has 22 heavy (non-hydrogen) atoms. The molecule has 9 nitrogen and oxygen atoms in total. The number of nitro groups is 1. The highest BCUT2D eigenvalue weighted by molar-refractivity contribution is 7.89. The van der Waals surface area contributed by atoms with E-state index in [0.29, 0.717) is 19.4 Å². The normalized spacial score (nSPS) is 18.2. The number of nitrogens with zero attached hydrogens (tertiary/aromatic N) is 2. The van der Waals surface area contributed by atoms with Crippen molar-refractivity contribution in [2.45, 2.75) is 18.9 Å². The number of sulfonamides is 1. The average molecular weight is 347 g/mol. The van der Waals surface area contributed by atoms with Crippen molar-refractivity contribution in [1.29, 1.82) is 0 Å². The van der Waals surface area contributed by atoms with Gasteiger partial charge < -0.3 is 4.90 Å². The lowest BCUT2D eigenvalue weighted by Crippen LogP contribution is -2.47. The number of carbonyl (C=O) groups excluding carboxylic acids is 2. The highest BCUT2D eigenvalue weighted by Crippen LogP contribution is 2.28. The van der Waals surface area contributed by atoms with Crippen LogP contribution in [0.2, 0.25) is 0 Å². The summed E-state index contributed by atoms with van der Waals surface area (Å²) < 4.78 is 24.1. The molecule has 0 spiro atoms. The second kappa shape index (κ2) is 6.01. The fourth-order valence-corrected chi connectivity index (χ4v) is 3.49. The summed E-state index contributed by atoms with van der Waals surface area (Å²) in [7, 11) is -3.71. The molecule has 0 bridgehead atoms. The first-order chi connectivity index (χ1) is 10.2. The number of thiophene rings is 1. The molecule has 11 heteroatoms. The minimum atomic E-state index is -3.71. The van der Waals surface area contributed by atoms with E-state index in [-0.39, 0.29) is 9.88 Å². The summed E-state index contributed by atoms with van der Waals surface area (Å²) in [6.07, 6.45) is 1.76. The number of carbonyl (C=O) groups is 2. The van der Waals surface area contributed by atoms with Gasteiger partial charge in [0.25, 0.3) is 11.8 Å². The molecule has 2 heterocycles. The van der Waals surface area contributed by atoms with E-state index in [1.165, 1.54) is 17.0 Å². The van der Waals surface area contributed by atoms with Crippen LogP contribution in [0, 0.1) is 10.1 Å². The maximum absolute atomic E-state index is 12.3. The number of nitrogens with one attached hydrogen (secondary N) is 1. The molecule has 1 atom stereocenters. The maximum Gasteiger partial charge on any atom is 0.324 e. The minimum Gasteiger partial charge on any atom is -0.326 e. The third-order valence-corrected chi connectivity index (χ3v) is 4.68. The SMILES string of the molecule is CS(=O)(=O)NC(=O)[C@H]1CCCN1C(=O)c1ccc([N+](=O)[O-])s1. The van der Waals surface area contributed by atoms with Crippen LogP contribution in [0.5, 0.6) is 0 Å². The summed E-state index contributed by atoms with van der Waals surface area (Å²) in [5, 5.41) is 10.5. The fraction of sp³-hybridized carbons (Fsp3) is 0.455. The predicted molar refractivity (Wildman–Crippen MR) is 78.0 cm³/mol. The van der Waals surface area contributed by atoms with Gasteiger partial charge in [0.15, 0.2) is 0 Å². The zero-order valence-corrected chi connectivity index (χ0v) is 13.1. The summed E-state index contributed by atoms with van der Waals surface area (Å²) in [6, 6.07) is 1.66. The average Bonchev–Trinajstić information content (AvgIpc) is 3.05. The Morgan fingerprint density at radius 2 is 2.14 bits per heavy atom. The van der Waals surface area contributed by atoms with Gasteiger partial charge in [-0.1, -0.05) is 11.3 Å². The number of hydrogen-bond acceptors (Lipinski definition) is 7. The van der Waals surface area contributed by atoms with Crippen LogP contribution in [0.25, 0.3) is 0 Å². The molecule has 2 amide bonds. The van der Waals surface area contributed by atoms with E-state index < -0.39 is 32.8 Å². The summed E-state index contributed by atoms with van der Waals surface area (Å²) in [4.78, 5) is 35.7. The Kier molecular flexibility index (Phi) is 4.47. The molecular formula is C11H13N3O6S2. The van der Waals surface area contributed by atoms with E-state index in [9.17, 15) is 28.1 Å². The molecule has 0 radical (unpaired) electrons. The molecule has 0 unspecified atom stereocenters.